The van der Waals surface area contributed by atoms with Crippen molar-refractivity contribution < 1.29 is 9.53 Å². The minimum absolute atomic E-state index is 0.214. The Hall–Kier alpha value is -0.650. The first-order valence-electron chi connectivity index (χ1n) is 6.43. The zero-order chi connectivity index (χ0) is 12.8. The highest BCUT2D eigenvalue weighted by atomic mass is 16.5. The summed E-state index contributed by atoms with van der Waals surface area (Å²) in [4.78, 5) is 13.5. The van der Waals surface area contributed by atoms with E-state index in [0.29, 0.717) is 0 Å². The fourth-order valence-electron chi connectivity index (χ4n) is 2.37. The number of carbonyl (C=O) groups is 1. The minimum atomic E-state index is -0.263. The molecule has 17 heavy (non-hydrogen) atoms. The normalized spacial score (nSPS) is 27.9. The number of hydrogen-bond donors (Lipinski definition) is 2. The third-order valence-electron chi connectivity index (χ3n) is 3.02. The number of likely N-dealkylation sites (N-methyl/N-ethyl adjacent to an activating group) is 1. The van der Waals surface area contributed by atoms with Crippen LogP contribution in [0.2, 0.25) is 0 Å². The molecular weight excluding hydrogens is 218 g/mol. The van der Waals surface area contributed by atoms with Crippen LogP contribution in [0.5, 0.6) is 0 Å². The Labute approximate surface area is 104 Å². The molecule has 0 aliphatic carbocycles. The second-order valence-electron chi connectivity index (χ2n) is 4.82. The van der Waals surface area contributed by atoms with E-state index < -0.39 is 0 Å². The molecule has 0 bridgehead atoms. The molecule has 0 saturated carbocycles. The average molecular weight is 243 g/mol. The van der Waals surface area contributed by atoms with Crippen LogP contribution in [-0.2, 0) is 9.53 Å². The molecule has 0 radical (unpaired) electrons. The van der Waals surface area contributed by atoms with Gasteiger partial charge in [0.1, 0.15) is 0 Å². The van der Waals surface area contributed by atoms with Gasteiger partial charge in [-0.25, -0.2) is 0 Å². The van der Waals surface area contributed by atoms with E-state index in [-0.39, 0.29) is 24.2 Å². The average Bonchev–Trinajstić information content (AvgIpc) is 2.22. The number of primary amides is 1. The second-order valence-corrected chi connectivity index (χ2v) is 4.82. The van der Waals surface area contributed by atoms with Crippen LogP contribution in [0, 0.1) is 0 Å². The summed E-state index contributed by atoms with van der Waals surface area (Å²) < 4.78 is 5.67. The van der Waals surface area contributed by atoms with Gasteiger partial charge in [0, 0.05) is 19.6 Å². The van der Waals surface area contributed by atoms with Crippen LogP contribution >= 0.6 is 0 Å². The Kier molecular flexibility index (Phi) is 5.88. The second kappa shape index (κ2) is 6.93. The molecule has 0 aromatic heterocycles. The molecular formula is C12H25N3O2. The molecule has 3 atom stereocenters. The largest absolute Gasteiger partial charge is 0.373 e. The molecule has 3 N–H and O–H groups in total. The number of nitrogens with two attached hydrogens (primary N) is 1. The Morgan fingerprint density at radius 1 is 1.47 bits per heavy atom. The first-order valence-corrected chi connectivity index (χ1v) is 6.43. The first-order chi connectivity index (χ1) is 8.02. The van der Waals surface area contributed by atoms with E-state index >= 15 is 0 Å². The fraction of sp³-hybridized carbons (Fsp3) is 0.917. The standard InChI is InChI=1S/C12H25N3O2/c1-4-14-11(12(13)16)5-6-15-7-9(2)17-10(3)8-15/h9-11,14H,4-8H2,1-3H3,(H2,13,16). The molecule has 5 nitrogen and oxygen atoms in total. The van der Waals surface area contributed by atoms with Crippen molar-refractivity contribution in [2.75, 3.05) is 26.2 Å². The SMILES string of the molecule is CCNC(CCN1CC(C)OC(C)C1)C(N)=O. The van der Waals surface area contributed by atoms with E-state index in [1.54, 1.807) is 0 Å². The topological polar surface area (TPSA) is 67.6 Å². The summed E-state index contributed by atoms with van der Waals surface area (Å²) >= 11 is 0. The van der Waals surface area contributed by atoms with Crippen molar-refractivity contribution in [3.8, 4) is 0 Å². The Bertz CT molecular complexity index is 238. The van der Waals surface area contributed by atoms with E-state index in [4.69, 9.17) is 10.5 Å². The molecule has 100 valence electrons. The summed E-state index contributed by atoms with van der Waals surface area (Å²) in [6, 6.07) is -0.214. The van der Waals surface area contributed by atoms with Crippen LogP contribution in [0.1, 0.15) is 27.2 Å². The number of nitrogens with one attached hydrogen (secondary N) is 1. The minimum Gasteiger partial charge on any atom is -0.373 e. The maximum atomic E-state index is 11.2. The van der Waals surface area contributed by atoms with E-state index in [0.717, 1.165) is 32.6 Å². The van der Waals surface area contributed by atoms with Crippen LogP contribution in [0.15, 0.2) is 0 Å². The van der Waals surface area contributed by atoms with Gasteiger partial charge in [-0.1, -0.05) is 6.92 Å². The number of morpholine rings is 1. The van der Waals surface area contributed by atoms with Crippen LogP contribution in [0.3, 0.4) is 0 Å². The van der Waals surface area contributed by atoms with E-state index in [1.165, 1.54) is 0 Å². The summed E-state index contributed by atoms with van der Waals surface area (Å²) in [5.41, 5.74) is 5.35. The van der Waals surface area contributed by atoms with Crippen LogP contribution in [0.4, 0.5) is 0 Å². The van der Waals surface area contributed by atoms with Crippen molar-refractivity contribution in [3.63, 3.8) is 0 Å². The molecule has 3 unspecified atom stereocenters. The van der Waals surface area contributed by atoms with Gasteiger partial charge in [-0.2, -0.15) is 0 Å². The molecule has 0 spiro atoms. The number of ether oxygens (including phenoxy) is 1. The quantitative estimate of drug-likeness (QED) is 0.686. The maximum Gasteiger partial charge on any atom is 0.234 e. The van der Waals surface area contributed by atoms with E-state index in [9.17, 15) is 4.79 Å². The lowest BCUT2D eigenvalue weighted by atomic mass is 10.1. The molecule has 1 saturated heterocycles. The summed E-state index contributed by atoms with van der Waals surface area (Å²) in [6.07, 6.45) is 1.30. The van der Waals surface area contributed by atoms with Gasteiger partial charge in [0.05, 0.1) is 18.2 Å². The molecule has 1 heterocycles. The van der Waals surface area contributed by atoms with Crippen molar-refractivity contribution in [2.24, 2.45) is 5.73 Å². The van der Waals surface area contributed by atoms with Crippen molar-refractivity contribution in [3.05, 3.63) is 0 Å². The van der Waals surface area contributed by atoms with Crippen molar-refractivity contribution in [1.29, 1.82) is 0 Å². The van der Waals surface area contributed by atoms with Gasteiger partial charge in [0.25, 0.3) is 0 Å². The first kappa shape index (κ1) is 14.4. The van der Waals surface area contributed by atoms with Crippen LogP contribution in [0.25, 0.3) is 0 Å². The van der Waals surface area contributed by atoms with Crippen molar-refractivity contribution in [2.45, 2.75) is 45.4 Å². The summed E-state index contributed by atoms with van der Waals surface area (Å²) in [5.74, 6) is -0.263. The third-order valence-corrected chi connectivity index (χ3v) is 3.02. The lowest BCUT2D eigenvalue weighted by molar-refractivity contribution is -0.120. The van der Waals surface area contributed by atoms with Gasteiger partial charge in [0.2, 0.25) is 5.91 Å². The molecule has 1 aliphatic rings. The molecule has 1 aliphatic heterocycles. The Morgan fingerprint density at radius 3 is 2.53 bits per heavy atom. The van der Waals surface area contributed by atoms with Gasteiger partial charge >= 0.3 is 0 Å². The van der Waals surface area contributed by atoms with Gasteiger partial charge in [-0.15, -0.1) is 0 Å². The molecule has 1 fully saturated rings. The lowest BCUT2D eigenvalue weighted by Gasteiger charge is -2.35. The number of carbonyl (C=O) groups excluding carboxylic acids is 1. The predicted molar refractivity (Wildman–Crippen MR) is 67.7 cm³/mol. The van der Waals surface area contributed by atoms with Crippen LogP contribution < -0.4 is 11.1 Å². The molecule has 5 heteroatoms. The Morgan fingerprint density at radius 2 is 2.06 bits per heavy atom. The van der Waals surface area contributed by atoms with Gasteiger partial charge in [0.15, 0.2) is 0 Å². The highest BCUT2D eigenvalue weighted by Crippen LogP contribution is 2.11. The molecule has 0 aromatic rings. The third kappa shape index (κ3) is 5.02. The predicted octanol–water partition coefficient (Wildman–Crippen LogP) is -0.0509. The monoisotopic (exact) mass is 243 g/mol. The summed E-state index contributed by atoms with van der Waals surface area (Å²) in [7, 11) is 0. The summed E-state index contributed by atoms with van der Waals surface area (Å²) in [6.45, 7) is 9.66. The number of amides is 1. The highest BCUT2D eigenvalue weighted by molar-refractivity contribution is 5.79. The summed E-state index contributed by atoms with van der Waals surface area (Å²) in [5, 5.41) is 3.11. The van der Waals surface area contributed by atoms with E-state index in [2.05, 4.69) is 24.1 Å². The molecule has 1 amide bonds. The van der Waals surface area contributed by atoms with Crippen molar-refractivity contribution in [1.82, 2.24) is 10.2 Å². The van der Waals surface area contributed by atoms with Gasteiger partial charge < -0.3 is 15.8 Å². The van der Waals surface area contributed by atoms with Crippen LogP contribution in [-0.4, -0.2) is 55.2 Å². The zero-order valence-electron chi connectivity index (χ0n) is 11.1. The lowest BCUT2D eigenvalue weighted by Crippen LogP contribution is -2.48. The molecule has 0 aromatic carbocycles. The number of rotatable bonds is 6. The number of hydrogen-bond acceptors (Lipinski definition) is 4. The Balaban J connectivity index is 2.35. The van der Waals surface area contributed by atoms with E-state index in [1.807, 2.05) is 6.92 Å². The number of nitrogens with zero attached hydrogens (tertiary/aromatic N) is 1. The smallest absolute Gasteiger partial charge is 0.234 e. The van der Waals surface area contributed by atoms with Gasteiger partial charge in [-0.3, -0.25) is 9.69 Å². The highest BCUT2D eigenvalue weighted by Gasteiger charge is 2.23. The maximum absolute atomic E-state index is 11.2. The van der Waals surface area contributed by atoms with Gasteiger partial charge in [-0.05, 0) is 26.8 Å². The molecule has 1 rings (SSSR count). The zero-order valence-corrected chi connectivity index (χ0v) is 11.1. The van der Waals surface area contributed by atoms with Crippen molar-refractivity contribution >= 4 is 5.91 Å². The fourth-order valence-corrected chi connectivity index (χ4v) is 2.37.